The number of aryl methyl sites for hydroxylation is 1. The fourth-order valence-electron chi connectivity index (χ4n) is 4.20. The predicted molar refractivity (Wildman–Crippen MR) is 130 cm³/mol. The summed E-state index contributed by atoms with van der Waals surface area (Å²) in [5.41, 5.74) is 3.90. The van der Waals surface area contributed by atoms with Gasteiger partial charge in [-0.25, -0.2) is 9.78 Å². The molecule has 0 unspecified atom stereocenters. The number of aromatic carboxylic acids is 1. The summed E-state index contributed by atoms with van der Waals surface area (Å²) in [6.45, 7) is 6.52. The summed E-state index contributed by atoms with van der Waals surface area (Å²) in [4.78, 5) is 32.5. The zero-order valence-corrected chi connectivity index (χ0v) is 19.8. The van der Waals surface area contributed by atoms with E-state index in [2.05, 4.69) is 10.2 Å². The Morgan fingerprint density at radius 1 is 1.18 bits per heavy atom. The van der Waals surface area contributed by atoms with E-state index in [4.69, 9.17) is 4.98 Å². The van der Waals surface area contributed by atoms with E-state index in [1.807, 2.05) is 61.7 Å². The van der Waals surface area contributed by atoms with E-state index in [0.29, 0.717) is 34.3 Å². The van der Waals surface area contributed by atoms with E-state index >= 15 is 0 Å². The lowest BCUT2D eigenvalue weighted by molar-refractivity contribution is 0.0702. The van der Waals surface area contributed by atoms with Crippen LogP contribution in [0.1, 0.15) is 57.3 Å². The Bertz CT molecular complexity index is 1420. The highest BCUT2D eigenvalue weighted by Crippen LogP contribution is 2.36. The van der Waals surface area contributed by atoms with Gasteiger partial charge in [-0.2, -0.15) is 0 Å². The lowest BCUT2D eigenvalue weighted by atomic mass is 10.00. The lowest BCUT2D eigenvalue weighted by Crippen LogP contribution is -2.24. The van der Waals surface area contributed by atoms with Crippen LogP contribution in [0, 0.1) is 0 Å². The van der Waals surface area contributed by atoms with Gasteiger partial charge in [-0.3, -0.25) is 9.69 Å². The van der Waals surface area contributed by atoms with Gasteiger partial charge in [-0.15, -0.1) is 21.5 Å². The summed E-state index contributed by atoms with van der Waals surface area (Å²) in [6.07, 6.45) is 2.40. The van der Waals surface area contributed by atoms with E-state index in [9.17, 15) is 14.7 Å². The summed E-state index contributed by atoms with van der Waals surface area (Å²) in [5, 5.41) is 17.6. The zero-order chi connectivity index (χ0) is 24.0. The maximum absolute atomic E-state index is 13.4. The normalized spacial score (nSPS) is 13.1. The molecule has 0 spiro atoms. The van der Waals surface area contributed by atoms with Gasteiger partial charge in [-0.05, 0) is 61.2 Å². The van der Waals surface area contributed by atoms with Crippen LogP contribution in [-0.2, 0) is 13.0 Å². The van der Waals surface area contributed by atoms with Crippen LogP contribution in [0.3, 0.4) is 0 Å². The van der Waals surface area contributed by atoms with Crippen LogP contribution in [0.25, 0.3) is 22.6 Å². The Labute approximate surface area is 200 Å². The van der Waals surface area contributed by atoms with E-state index in [1.165, 1.54) is 11.3 Å². The van der Waals surface area contributed by atoms with Crippen LogP contribution in [0.4, 0.5) is 5.82 Å². The first-order valence-electron chi connectivity index (χ1n) is 11.1. The van der Waals surface area contributed by atoms with Crippen LogP contribution >= 0.6 is 11.3 Å². The molecule has 4 aromatic rings. The number of hydrogen-bond acceptors (Lipinski definition) is 6. The van der Waals surface area contributed by atoms with Gasteiger partial charge in [0.25, 0.3) is 5.91 Å². The molecule has 9 heteroatoms. The van der Waals surface area contributed by atoms with Crippen molar-refractivity contribution in [3.8, 4) is 22.6 Å². The second-order valence-electron chi connectivity index (χ2n) is 8.41. The molecule has 1 N–H and O–H groups in total. The minimum absolute atomic E-state index is 0.126. The molecule has 1 aliphatic heterocycles. The summed E-state index contributed by atoms with van der Waals surface area (Å²) in [7, 11) is 0. The number of fused-ring (bicyclic) bond motifs is 1. The smallest absolute Gasteiger partial charge is 0.345 e. The summed E-state index contributed by atoms with van der Waals surface area (Å²) in [6, 6.07) is 13.2. The SMILES string of the molecule is CCc1sc(C(=O)O)cc1-c1ccc2c(c1)C(=O)N(c1cccc(-c3nncn3C(C)C)n1)C2. The molecule has 172 valence electrons. The molecule has 34 heavy (non-hydrogen) atoms. The van der Waals surface area contributed by atoms with Gasteiger partial charge in [0.2, 0.25) is 0 Å². The maximum atomic E-state index is 13.4. The first kappa shape index (κ1) is 22.0. The Balaban J connectivity index is 1.48. The predicted octanol–water partition coefficient (Wildman–Crippen LogP) is 5.07. The molecule has 1 aliphatic rings. The molecule has 0 aliphatic carbocycles. The molecule has 0 atom stereocenters. The van der Waals surface area contributed by atoms with Crippen LogP contribution in [0.5, 0.6) is 0 Å². The second kappa shape index (κ2) is 8.49. The minimum Gasteiger partial charge on any atom is -0.477 e. The molecule has 5 rings (SSSR count). The fraction of sp³-hybridized carbons (Fsp3) is 0.240. The Hall–Kier alpha value is -3.85. The molecule has 0 bridgehead atoms. The third-order valence-electron chi connectivity index (χ3n) is 5.94. The van der Waals surface area contributed by atoms with Crippen molar-refractivity contribution in [2.75, 3.05) is 4.90 Å². The highest BCUT2D eigenvalue weighted by atomic mass is 32.1. The van der Waals surface area contributed by atoms with E-state index in [1.54, 1.807) is 17.3 Å². The molecule has 0 fully saturated rings. The summed E-state index contributed by atoms with van der Waals surface area (Å²) < 4.78 is 1.94. The van der Waals surface area contributed by atoms with Gasteiger partial charge < -0.3 is 9.67 Å². The molecule has 3 aromatic heterocycles. The number of carbonyl (C=O) groups is 2. The van der Waals surface area contributed by atoms with Crippen LogP contribution < -0.4 is 4.90 Å². The van der Waals surface area contributed by atoms with Crippen molar-refractivity contribution in [2.45, 2.75) is 39.8 Å². The Morgan fingerprint density at radius 2 is 2.00 bits per heavy atom. The molecular formula is C25H23N5O3S. The highest BCUT2D eigenvalue weighted by Gasteiger charge is 2.30. The number of aromatic nitrogens is 4. The number of carbonyl (C=O) groups excluding carboxylic acids is 1. The largest absolute Gasteiger partial charge is 0.477 e. The van der Waals surface area contributed by atoms with Crippen molar-refractivity contribution < 1.29 is 14.7 Å². The Kier molecular flexibility index (Phi) is 5.49. The van der Waals surface area contributed by atoms with Gasteiger partial charge in [0, 0.05) is 16.5 Å². The van der Waals surface area contributed by atoms with Crippen molar-refractivity contribution in [1.82, 2.24) is 19.7 Å². The molecular weight excluding hydrogens is 450 g/mol. The number of anilines is 1. The molecule has 1 amide bonds. The van der Waals surface area contributed by atoms with Crippen molar-refractivity contribution in [3.05, 3.63) is 69.7 Å². The van der Waals surface area contributed by atoms with Gasteiger partial charge in [0.05, 0.1) is 6.54 Å². The number of benzene rings is 1. The van der Waals surface area contributed by atoms with Crippen molar-refractivity contribution in [3.63, 3.8) is 0 Å². The van der Waals surface area contributed by atoms with Crippen LogP contribution in [0.2, 0.25) is 0 Å². The number of amides is 1. The van der Waals surface area contributed by atoms with Crippen LogP contribution in [-0.4, -0.2) is 36.7 Å². The fourth-order valence-corrected chi connectivity index (χ4v) is 5.16. The quantitative estimate of drug-likeness (QED) is 0.420. The monoisotopic (exact) mass is 473 g/mol. The number of pyridine rings is 1. The van der Waals surface area contributed by atoms with E-state index in [0.717, 1.165) is 28.0 Å². The lowest BCUT2D eigenvalue weighted by Gasteiger charge is -2.16. The topological polar surface area (TPSA) is 101 Å². The number of hydrogen-bond donors (Lipinski definition) is 1. The number of carboxylic acids is 1. The molecule has 0 radical (unpaired) electrons. The van der Waals surface area contributed by atoms with Crippen molar-refractivity contribution in [2.24, 2.45) is 0 Å². The first-order valence-corrected chi connectivity index (χ1v) is 11.9. The second-order valence-corrected chi connectivity index (χ2v) is 9.54. The molecule has 0 saturated carbocycles. The van der Waals surface area contributed by atoms with E-state index < -0.39 is 5.97 Å². The standard InChI is InChI=1S/C25H23N5O3S/c1-4-20-17(11-21(34-20)25(32)33)15-8-9-16-12-29(24(31)18(16)10-15)22-7-5-6-19(27-22)23-28-26-13-30(23)14(2)3/h5-11,13-14H,4,12H2,1-3H3,(H,32,33). The van der Waals surface area contributed by atoms with Crippen molar-refractivity contribution >= 4 is 29.0 Å². The summed E-state index contributed by atoms with van der Waals surface area (Å²) >= 11 is 1.28. The number of carboxylic acid groups (broad SMARTS) is 1. The maximum Gasteiger partial charge on any atom is 0.345 e. The third kappa shape index (κ3) is 3.67. The van der Waals surface area contributed by atoms with Gasteiger partial charge in [0.15, 0.2) is 5.82 Å². The van der Waals surface area contributed by atoms with Gasteiger partial charge in [-0.1, -0.05) is 25.1 Å². The number of thiophene rings is 1. The van der Waals surface area contributed by atoms with Gasteiger partial charge >= 0.3 is 5.97 Å². The molecule has 4 heterocycles. The first-order chi connectivity index (χ1) is 16.4. The van der Waals surface area contributed by atoms with Gasteiger partial charge in [0.1, 0.15) is 22.7 Å². The average molecular weight is 474 g/mol. The van der Waals surface area contributed by atoms with Crippen LogP contribution in [0.15, 0.2) is 48.8 Å². The van der Waals surface area contributed by atoms with E-state index in [-0.39, 0.29) is 11.9 Å². The molecule has 1 aromatic carbocycles. The number of nitrogens with zero attached hydrogens (tertiary/aromatic N) is 5. The van der Waals surface area contributed by atoms with Crippen molar-refractivity contribution in [1.29, 1.82) is 0 Å². The minimum atomic E-state index is -0.936. The number of rotatable bonds is 6. The summed E-state index contributed by atoms with van der Waals surface area (Å²) in [5.74, 6) is 0.144. The molecule has 8 nitrogen and oxygen atoms in total. The Morgan fingerprint density at radius 3 is 2.74 bits per heavy atom. The third-order valence-corrected chi connectivity index (χ3v) is 7.20. The highest BCUT2D eigenvalue weighted by molar-refractivity contribution is 7.14. The molecule has 0 saturated heterocycles. The average Bonchev–Trinajstić information content (AvgIpc) is 3.56. The zero-order valence-electron chi connectivity index (χ0n) is 19.0.